The molecule has 4 aromatic rings. The van der Waals surface area contributed by atoms with Crippen LogP contribution in [-0.4, -0.2) is 18.1 Å². The summed E-state index contributed by atoms with van der Waals surface area (Å²) in [4.78, 5) is 16.6. The van der Waals surface area contributed by atoms with Gasteiger partial charge in [-0.2, -0.15) is 5.10 Å². The quantitative estimate of drug-likeness (QED) is 0.407. The van der Waals surface area contributed by atoms with Gasteiger partial charge in [-0.15, -0.1) is 0 Å². The minimum atomic E-state index is -0.404. The molecule has 0 bridgehead atoms. The Labute approximate surface area is 165 Å². The lowest BCUT2D eigenvalue weighted by Gasteiger charge is -2.04. The number of esters is 1. The zero-order valence-corrected chi connectivity index (χ0v) is 16.1. The molecule has 28 heavy (non-hydrogen) atoms. The van der Waals surface area contributed by atoms with Crippen molar-refractivity contribution in [3.05, 3.63) is 76.6 Å². The number of anilines is 1. The Morgan fingerprint density at radius 2 is 1.89 bits per heavy atom. The fourth-order valence-electron chi connectivity index (χ4n) is 2.79. The van der Waals surface area contributed by atoms with Gasteiger partial charge in [0.15, 0.2) is 0 Å². The molecule has 0 saturated heterocycles. The lowest BCUT2D eigenvalue weighted by molar-refractivity contribution is 0.0605. The number of carbonyl (C=O) groups is 1. The van der Waals surface area contributed by atoms with Gasteiger partial charge in [-0.25, -0.2) is 9.78 Å². The number of ether oxygens (including phenoxy) is 1. The average Bonchev–Trinajstić information content (AvgIpc) is 3.12. The van der Waals surface area contributed by atoms with Crippen molar-refractivity contribution in [1.82, 2.24) is 4.98 Å². The molecule has 140 valence electrons. The van der Waals surface area contributed by atoms with E-state index < -0.39 is 5.97 Å². The molecule has 2 aromatic heterocycles. The van der Waals surface area contributed by atoms with Crippen molar-refractivity contribution in [2.75, 3.05) is 12.5 Å². The maximum Gasteiger partial charge on any atom is 0.350 e. The van der Waals surface area contributed by atoms with E-state index in [-0.39, 0.29) is 0 Å². The number of nitrogens with one attached hydrogen (secondary N) is 1. The van der Waals surface area contributed by atoms with E-state index in [2.05, 4.69) is 15.5 Å². The van der Waals surface area contributed by atoms with Gasteiger partial charge >= 0.3 is 5.97 Å². The van der Waals surface area contributed by atoms with Crippen molar-refractivity contribution in [1.29, 1.82) is 0 Å². The van der Waals surface area contributed by atoms with E-state index in [9.17, 15) is 4.79 Å². The molecule has 7 heteroatoms. The SMILES string of the molecule is COC(=O)c1sc(N/N=c2/cc(-c3ccccc3)oc3ccccc23)nc1C. The number of hydrogen-bond acceptors (Lipinski definition) is 7. The van der Waals surface area contributed by atoms with Gasteiger partial charge in [-0.1, -0.05) is 53.8 Å². The summed E-state index contributed by atoms with van der Waals surface area (Å²) in [5.74, 6) is 0.309. The number of hydrogen-bond donors (Lipinski definition) is 1. The van der Waals surface area contributed by atoms with E-state index in [0.29, 0.717) is 26.8 Å². The van der Waals surface area contributed by atoms with Gasteiger partial charge in [0.25, 0.3) is 0 Å². The summed E-state index contributed by atoms with van der Waals surface area (Å²) >= 11 is 1.20. The minimum absolute atomic E-state index is 0.404. The number of rotatable bonds is 4. The lowest BCUT2D eigenvalue weighted by Crippen LogP contribution is -2.07. The molecule has 0 atom stereocenters. The second-order valence-electron chi connectivity index (χ2n) is 6.01. The Bertz CT molecular complexity index is 1210. The Hall–Kier alpha value is -3.45. The number of thiazole rings is 1. The van der Waals surface area contributed by atoms with Crippen molar-refractivity contribution in [3.63, 3.8) is 0 Å². The van der Waals surface area contributed by atoms with Crippen LogP contribution in [0.25, 0.3) is 22.3 Å². The number of carbonyl (C=O) groups excluding carboxylic acids is 1. The first-order chi connectivity index (χ1) is 13.7. The third-order valence-electron chi connectivity index (χ3n) is 4.15. The molecule has 0 fully saturated rings. The van der Waals surface area contributed by atoms with Gasteiger partial charge in [0.2, 0.25) is 5.13 Å². The van der Waals surface area contributed by atoms with E-state index in [4.69, 9.17) is 9.15 Å². The zero-order valence-electron chi connectivity index (χ0n) is 15.3. The third-order valence-corrected chi connectivity index (χ3v) is 5.19. The number of methoxy groups -OCH3 is 1. The fourth-order valence-corrected chi connectivity index (χ4v) is 3.62. The van der Waals surface area contributed by atoms with E-state index in [0.717, 1.165) is 16.5 Å². The second-order valence-corrected chi connectivity index (χ2v) is 7.01. The molecule has 1 N–H and O–H groups in total. The Kier molecular flexibility index (Phi) is 4.90. The average molecular weight is 391 g/mol. The standard InChI is InChI=1S/C21H17N3O3S/c1-13-19(20(25)26-2)28-21(22-13)24-23-16-12-18(14-8-4-3-5-9-14)27-17-11-7-6-10-15(16)17/h3-12H,1-2H3,(H,22,24)/b23-16-. The highest BCUT2D eigenvalue weighted by Gasteiger charge is 2.15. The Morgan fingerprint density at radius 1 is 1.14 bits per heavy atom. The molecule has 0 aliphatic heterocycles. The zero-order chi connectivity index (χ0) is 19.5. The van der Waals surface area contributed by atoms with Crippen LogP contribution in [0.4, 0.5) is 5.13 Å². The monoisotopic (exact) mass is 391 g/mol. The number of aryl methyl sites for hydroxylation is 1. The highest BCUT2D eigenvalue weighted by atomic mass is 32.1. The molecule has 0 radical (unpaired) electrons. The smallest absolute Gasteiger partial charge is 0.350 e. The number of aromatic nitrogens is 1. The van der Waals surface area contributed by atoms with Gasteiger partial charge in [-0.05, 0) is 19.1 Å². The third kappa shape index (κ3) is 3.52. The summed E-state index contributed by atoms with van der Waals surface area (Å²) in [7, 11) is 1.35. The molecule has 2 heterocycles. The molecule has 4 rings (SSSR count). The van der Waals surface area contributed by atoms with Crippen LogP contribution >= 0.6 is 11.3 Å². The second kappa shape index (κ2) is 7.66. The first-order valence-corrected chi connectivity index (χ1v) is 9.41. The largest absolute Gasteiger partial charge is 0.465 e. The van der Waals surface area contributed by atoms with E-state index in [1.54, 1.807) is 6.92 Å². The summed E-state index contributed by atoms with van der Waals surface area (Å²) in [5.41, 5.74) is 5.25. The molecule has 6 nitrogen and oxygen atoms in total. The molecule has 0 saturated carbocycles. The van der Waals surface area contributed by atoms with Crippen LogP contribution < -0.4 is 10.8 Å². The fraction of sp³-hybridized carbons (Fsp3) is 0.0952. The topological polar surface area (TPSA) is 76.7 Å². The van der Waals surface area contributed by atoms with Crippen LogP contribution in [0, 0.1) is 6.92 Å². The molecule has 0 spiro atoms. The molecule has 0 unspecified atom stereocenters. The highest BCUT2D eigenvalue weighted by molar-refractivity contribution is 7.17. The first-order valence-electron chi connectivity index (χ1n) is 8.59. The van der Waals surface area contributed by atoms with Crippen molar-refractivity contribution < 1.29 is 13.9 Å². The predicted octanol–water partition coefficient (Wildman–Crippen LogP) is 4.58. The molecule has 0 amide bonds. The van der Waals surface area contributed by atoms with Crippen LogP contribution in [0.5, 0.6) is 0 Å². The number of para-hydroxylation sites is 1. The maximum absolute atomic E-state index is 11.8. The van der Waals surface area contributed by atoms with Crippen molar-refractivity contribution in [2.45, 2.75) is 6.92 Å². The number of nitrogens with zero attached hydrogens (tertiary/aromatic N) is 2. The van der Waals surface area contributed by atoms with Crippen LogP contribution in [0.2, 0.25) is 0 Å². The maximum atomic E-state index is 11.8. The summed E-state index contributed by atoms with van der Waals surface area (Å²) in [6.07, 6.45) is 0. The van der Waals surface area contributed by atoms with Crippen LogP contribution in [0.1, 0.15) is 15.4 Å². The van der Waals surface area contributed by atoms with Crippen LogP contribution in [0.15, 0.2) is 70.2 Å². The molecular weight excluding hydrogens is 374 g/mol. The molecule has 0 aliphatic rings. The van der Waals surface area contributed by atoms with Gasteiger partial charge in [0.05, 0.1) is 18.2 Å². The van der Waals surface area contributed by atoms with E-state index >= 15 is 0 Å². The van der Waals surface area contributed by atoms with Crippen molar-refractivity contribution in [3.8, 4) is 11.3 Å². The summed E-state index contributed by atoms with van der Waals surface area (Å²) in [6, 6.07) is 19.4. The van der Waals surface area contributed by atoms with Crippen LogP contribution in [-0.2, 0) is 4.74 Å². The van der Waals surface area contributed by atoms with Crippen molar-refractivity contribution in [2.24, 2.45) is 5.10 Å². The van der Waals surface area contributed by atoms with Gasteiger partial charge in [-0.3, -0.25) is 5.43 Å². The van der Waals surface area contributed by atoms with Gasteiger partial charge < -0.3 is 9.15 Å². The number of benzene rings is 2. The van der Waals surface area contributed by atoms with Gasteiger partial charge in [0, 0.05) is 17.0 Å². The van der Waals surface area contributed by atoms with Gasteiger partial charge in [0.1, 0.15) is 16.2 Å². The molecule has 0 aliphatic carbocycles. The lowest BCUT2D eigenvalue weighted by atomic mass is 10.1. The molecular formula is C21H17N3O3S. The Balaban J connectivity index is 1.78. The molecule has 2 aromatic carbocycles. The van der Waals surface area contributed by atoms with Crippen LogP contribution in [0.3, 0.4) is 0 Å². The predicted molar refractivity (Wildman–Crippen MR) is 109 cm³/mol. The number of fused-ring (bicyclic) bond motifs is 1. The summed E-state index contributed by atoms with van der Waals surface area (Å²) in [5, 5.41) is 6.62. The first kappa shape index (κ1) is 17.9. The van der Waals surface area contributed by atoms with Crippen molar-refractivity contribution >= 4 is 33.4 Å². The van der Waals surface area contributed by atoms with E-state index in [1.165, 1.54) is 18.4 Å². The summed E-state index contributed by atoms with van der Waals surface area (Å²) < 4.78 is 10.8. The highest BCUT2D eigenvalue weighted by Crippen LogP contribution is 2.24. The Morgan fingerprint density at radius 3 is 2.68 bits per heavy atom. The van der Waals surface area contributed by atoms with E-state index in [1.807, 2.05) is 60.7 Å². The summed E-state index contributed by atoms with van der Waals surface area (Å²) in [6.45, 7) is 1.76. The normalized spacial score (nSPS) is 11.6. The minimum Gasteiger partial charge on any atom is -0.465 e.